The third-order valence-corrected chi connectivity index (χ3v) is 3.69. The van der Waals surface area contributed by atoms with Crippen LogP contribution in [0.5, 0.6) is 5.75 Å². The van der Waals surface area contributed by atoms with Crippen molar-refractivity contribution in [1.29, 1.82) is 0 Å². The summed E-state index contributed by atoms with van der Waals surface area (Å²) >= 11 is 0. The fourth-order valence-corrected chi connectivity index (χ4v) is 2.66. The van der Waals surface area contributed by atoms with Crippen LogP contribution in [0, 0.1) is 0 Å². The van der Waals surface area contributed by atoms with Crippen LogP contribution >= 0.6 is 0 Å². The summed E-state index contributed by atoms with van der Waals surface area (Å²) < 4.78 is 5.41. The molecule has 0 spiro atoms. The van der Waals surface area contributed by atoms with Crippen molar-refractivity contribution in [1.82, 2.24) is 0 Å². The first-order chi connectivity index (χ1) is 9.28. The Kier molecular flexibility index (Phi) is 3.08. The van der Waals surface area contributed by atoms with E-state index in [-0.39, 0.29) is 0 Å². The topological polar surface area (TPSA) is 26.3 Å². The normalized spacial score (nSPS) is 14.1. The highest BCUT2D eigenvalue weighted by atomic mass is 16.5. The Morgan fingerprint density at radius 3 is 2.68 bits per heavy atom. The van der Waals surface area contributed by atoms with E-state index in [1.807, 2.05) is 18.2 Å². The predicted octanol–water partition coefficient (Wildman–Crippen LogP) is 3.42. The molecule has 1 aliphatic carbocycles. The lowest BCUT2D eigenvalue weighted by atomic mass is 9.88. The standard InChI is InChI=1S/C17H16O2/c1-19-17-5-3-2-4-16(17)14-7-6-13-11-15(18)9-8-12(13)10-14/h2-7,10H,8-9,11H2,1H3. The number of carbonyl (C=O) groups is 1. The number of ketones is 1. The molecule has 0 aliphatic heterocycles. The summed E-state index contributed by atoms with van der Waals surface area (Å²) in [4.78, 5) is 11.5. The van der Waals surface area contributed by atoms with Crippen LogP contribution in [0.25, 0.3) is 11.1 Å². The molecule has 0 unspecified atom stereocenters. The average molecular weight is 252 g/mol. The summed E-state index contributed by atoms with van der Waals surface area (Å²) in [5.74, 6) is 1.23. The van der Waals surface area contributed by atoms with Crippen LogP contribution in [0.4, 0.5) is 0 Å². The number of rotatable bonds is 2. The van der Waals surface area contributed by atoms with Gasteiger partial charge < -0.3 is 4.74 Å². The zero-order valence-corrected chi connectivity index (χ0v) is 11.0. The molecule has 2 nitrogen and oxygen atoms in total. The molecule has 0 fully saturated rings. The molecule has 3 rings (SSSR count). The number of methoxy groups -OCH3 is 1. The Morgan fingerprint density at radius 2 is 1.84 bits per heavy atom. The number of hydrogen-bond acceptors (Lipinski definition) is 2. The number of ether oxygens (including phenoxy) is 1. The molecule has 1 aliphatic rings. The quantitative estimate of drug-likeness (QED) is 0.818. The van der Waals surface area contributed by atoms with Gasteiger partial charge in [0.2, 0.25) is 0 Å². The molecule has 0 amide bonds. The second kappa shape index (κ2) is 4.88. The van der Waals surface area contributed by atoms with Crippen molar-refractivity contribution in [2.75, 3.05) is 7.11 Å². The fourth-order valence-electron chi connectivity index (χ4n) is 2.66. The lowest BCUT2D eigenvalue weighted by Gasteiger charge is -2.17. The van der Waals surface area contributed by atoms with E-state index in [4.69, 9.17) is 4.74 Å². The van der Waals surface area contributed by atoms with Gasteiger partial charge in [0.15, 0.2) is 0 Å². The third-order valence-electron chi connectivity index (χ3n) is 3.69. The Morgan fingerprint density at radius 1 is 1.00 bits per heavy atom. The Labute approximate surface area is 113 Å². The molecule has 0 atom stereocenters. The highest BCUT2D eigenvalue weighted by molar-refractivity contribution is 5.84. The van der Waals surface area contributed by atoms with Crippen molar-refractivity contribution in [3.8, 4) is 16.9 Å². The number of hydrogen-bond donors (Lipinski definition) is 0. The first-order valence-electron chi connectivity index (χ1n) is 6.55. The summed E-state index contributed by atoms with van der Waals surface area (Å²) in [7, 11) is 1.69. The van der Waals surface area contributed by atoms with Crippen molar-refractivity contribution in [2.24, 2.45) is 0 Å². The van der Waals surface area contributed by atoms with Gasteiger partial charge in [-0.05, 0) is 29.2 Å². The van der Waals surface area contributed by atoms with Crippen molar-refractivity contribution >= 4 is 5.78 Å². The summed E-state index contributed by atoms with van der Waals surface area (Å²) in [6.45, 7) is 0. The van der Waals surface area contributed by atoms with Gasteiger partial charge in [0.25, 0.3) is 0 Å². The zero-order chi connectivity index (χ0) is 13.2. The molecule has 0 N–H and O–H groups in total. The van der Waals surface area contributed by atoms with Crippen molar-refractivity contribution < 1.29 is 9.53 Å². The number of carbonyl (C=O) groups excluding carboxylic acids is 1. The second-order valence-corrected chi connectivity index (χ2v) is 4.90. The molecular weight excluding hydrogens is 236 g/mol. The number of fused-ring (bicyclic) bond motifs is 1. The smallest absolute Gasteiger partial charge is 0.137 e. The maximum absolute atomic E-state index is 11.5. The first-order valence-corrected chi connectivity index (χ1v) is 6.55. The van der Waals surface area contributed by atoms with Crippen LogP contribution in [0.1, 0.15) is 17.5 Å². The van der Waals surface area contributed by atoms with Crippen LogP contribution in [0.2, 0.25) is 0 Å². The summed E-state index contributed by atoms with van der Waals surface area (Å²) in [5, 5.41) is 0. The fraction of sp³-hybridized carbons (Fsp3) is 0.235. The van der Waals surface area contributed by atoms with Gasteiger partial charge >= 0.3 is 0 Å². The first kappa shape index (κ1) is 12.0. The van der Waals surface area contributed by atoms with Gasteiger partial charge in [-0.1, -0.05) is 36.4 Å². The third kappa shape index (κ3) is 2.26. The minimum Gasteiger partial charge on any atom is -0.496 e. The number of para-hydroxylation sites is 1. The molecule has 0 aromatic heterocycles. The highest BCUT2D eigenvalue weighted by Gasteiger charge is 2.16. The summed E-state index contributed by atoms with van der Waals surface area (Å²) in [5.41, 5.74) is 4.73. The lowest BCUT2D eigenvalue weighted by Crippen LogP contribution is -2.13. The van der Waals surface area contributed by atoms with E-state index in [1.165, 1.54) is 11.1 Å². The van der Waals surface area contributed by atoms with Crippen LogP contribution in [-0.2, 0) is 17.6 Å². The molecule has 0 saturated heterocycles. The maximum Gasteiger partial charge on any atom is 0.137 e. The Balaban J connectivity index is 2.05. The monoisotopic (exact) mass is 252 g/mol. The van der Waals surface area contributed by atoms with Gasteiger partial charge in [-0.3, -0.25) is 4.79 Å². The molecule has 0 heterocycles. The van der Waals surface area contributed by atoms with Crippen LogP contribution in [0.15, 0.2) is 42.5 Å². The summed E-state index contributed by atoms with van der Waals surface area (Å²) in [6.07, 6.45) is 2.11. The van der Waals surface area contributed by atoms with Crippen molar-refractivity contribution in [3.05, 3.63) is 53.6 Å². The van der Waals surface area contributed by atoms with Crippen molar-refractivity contribution in [3.63, 3.8) is 0 Å². The Bertz CT molecular complexity index is 629. The molecule has 0 saturated carbocycles. The number of aryl methyl sites for hydroxylation is 1. The number of benzene rings is 2. The lowest BCUT2D eigenvalue weighted by molar-refractivity contribution is -0.118. The van der Waals surface area contributed by atoms with Gasteiger partial charge in [0, 0.05) is 18.4 Å². The zero-order valence-electron chi connectivity index (χ0n) is 11.0. The van der Waals surface area contributed by atoms with Gasteiger partial charge in [0.05, 0.1) is 7.11 Å². The highest BCUT2D eigenvalue weighted by Crippen LogP contribution is 2.32. The van der Waals surface area contributed by atoms with Crippen LogP contribution < -0.4 is 4.74 Å². The van der Waals surface area contributed by atoms with E-state index in [0.29, 0.717) is 18.6 Å². The van der Waals surface area contributed by atoms with E-state index in [0.717, 1.165) is 23.3 Å². The molecule has 2 aromatic rings. The molecule has 0 radical (unpaired) electrons. The van der Waals surface area contributed by atoms with E-state index in [1.54, 1.807) is 7.11 Å². The largest absolute Gasteiger partial charge is 0.496 e. The molecule has 2 heteroatoms. The van der Waals surface area contributed by atoms with Gasteiger partial charge in [0.1, 0.15) is 11.5 Å². The Hall–Kier alpha value is -2.09. The van der Waals surface area contributed by atoms with Crippen LogP contribution in [0.3, 0.4) is 0 Å². The number of Topliss-reactive ketones (excluding diaryl/α,β-unsaturated/α-hetero) is 1. The SMILES string of the molecule is COc1ccccc1-c1ccc2c(c1)CCC(=O)C2. The van der Waals surface area contributed by atoms with E-state index >= 15 is 0 Å². The molecular formula is C17H16O2. The van der Waals surface area contributed by atoms with E-state index in [2.05, 4.69) is 24.3 Å². The maximum atomic E-state index is 11.5. The van der Waals surface area contributed by atoms with Crippen molar-refractivity contribution in [2.45, 2.75) is 19.3 Å². The van der Waals surface area contributed by atoms with Gasteiger partial charge in [-0.2, -0.15) is 0 Å². The molecule has 0 bridgehead atoms. The summed E-state index contributed by atoms with van der Waals surface area (Å²) in [6, 6.07) is 14.4. The minimum absolute atomic E-state index is 0.345. The minimum atomic E-state index is 0.345. The van der Waals surface area contributed by atoms with E-state index < -0.39 is 0 Å². The average Bonchev–Trinajstić information content (AvgIpc) is 2.46. The molecule has 2 aromatic carbocycles. The predicted molar refractivity (Wildman–Crippen MR) is 75.5 cm³/mol. The van der Waals surface area contributed by atoms with Crippen LogP contribution in [-0.4, -0.2) is 12.9 Å². The molecule has 96 valence electrons. The second-order valence-electron chi connectivity index (χ2n) is 4.90. The van der Waals surface area contributed by atoms with E-state index in [9.17, 15) is 4.79 Å². The van der Waals surface area contributed by atoms with Gasteiger partial charge in [-0.25, -0.2) is 0 Å². The molecule has 19 heavy (non-hydrogen) atoms. The van der Waals surface area contributed by atoms with Gasteiger partial charge in [-0.15, -0.1) is 0 Å².